The van der Waals surface area contributed by atoms with Gasteiger partial charge in [-0.15, -0.1) is 0 Å². The zero-order valence-corrected chi connectivity index (χ0v) is 13.2. The first-order chi connectivity index (χ1) is 10.0. The number of hydrogen-bond donors (Lipinski definition) is 0. The molecule has 2 aromatic carbocycles. The number of carbonyl (C=O) groups is 1. The Morgan fingerprint density at radius 3 is 2.62 bits per heavy atom. The van der Waals surface area contributed by atoms with Crippen LogP contribution in [0.4, 0.5) is 0 Å². The van der Waals surface area contributed by atoms with E-state index in [0.29, 0.717) is 28.0 Å². The number of ether oxygens (including phenoxy) is 2. The maximum atomic E-state index is 11.7. The van der Waals surface area contributed by atoms with Crippen LogP contribution in [0, 0.1) is 6.92 Å². The van der Waals surface area contributed by atoms with E-state index < -0.39 is 0 Å². The van der Waals surface area contributed by atoms with E-state index in [9.17, 15) is 4.79 Å². The van der Waals surface area contributed by atoms with Gasteiger partial charge in [-0.25, -0.2) is 4.79 Å². The van der Waals surface area contributed by atoms with E-state index in [0.717, 1.165) is 11.1 Å². The minimum atomic E-state index is -0.362. The van der Waals surface area contributed by atoms with E-state index in [1.807, 2.05) is 13.0 Å². The lowest BCUT2D eigenvalue weighted by molar-refractivity contribution is 0.0599. The maximum absolute atomic E-state index is 11.7. The van der Waals surface area contributed by atoms with Crippen LogP contribution in [0.5, 0.6) is 5.75 Å². The number of rotatable bonds is 4. The second kappa shape index (κ2) is 6.83. The fraction of sp³-hybridized carbons (Fsp3) is 0.188. The SMILES string of the molecule is COC(=O)c1cccc(COc2ccc(Cl)cc2Cl)c1C. The third-order valence-electron chi connectivity index (χ3n) is 3.13. The van der Waals surface area contributed by atoms with Crippen LogP contribution in [0.2, 0.25) is 10.0 Å². The molecule has 21 heavy (non-hydrogen) atoms. The highest BCUT2D eigenvalue weighted by atomic mass is 35.5. The van der Waals surface area contributed by atoms with E-state index in [-0.39, 0.29) is 5.97 Å². The standard InChI is InChI=1S/C16H14Cl2O3/c1-10-11(4-3-5-13(10)16(19)20-2)9-21-15-7-6-12(17)8-14(15)18/h3-8H,9H2,1-2H3. The van der Waals surface area contributed by atoms with Gasteiger partial charge in [0.2, 0.25) is 0 Å². The number of carbonyl (C=O) groups excluding carboxylic acids is 1. The van der Waals surface area contributed by atoms with Crippen molar-refractivity contribution in [2.45, 2.75) is 13.5 Å². The number of esters is 1. The Bertz CT molecular complexity index is 669. The van der Waals surface area contributed by atoms with Gasteiger partial charge in [0.1, 0.15) is 12.4 Å². The molecule has 0 bridgehead atoms. The smallest absolute Gasteiger partial charge is 0.338 e. The van der Waals surface area contributed by atoms with Crippen molar-refractivity contribution in [3.63, 3.8) is 0 Å². The number of halogens is 2. The van der Waals surface area contributed by atoms with Crippen molar-refractivity contribution in [3.05, 3.63) is 63.1 Å². The van der Waals surface area contributed by atoms with Crippen molar-refractivity contribution >= 4 is 29.2 Å². The average molecular weight is 325 g/mol. The maximum Gasteiger partial charge on any atom is 0.338 e. The molecule has 0 amide bonds. The summed E-state index contributed by atoms with van der Waals surface area (Å²) >= 11 is 11.9. The normalized spacial score (nSPS) is 10.3. The molecule has 3 nitrogen and oxygen atoms in total. The summed E-state index contributed by atoms with van der Waals surface area (Å²) in [6.45, 7) is 2.16. The molecule has 0 fully saturated rings. The van der Waals surface area contributed by atoms with Crippen molar-refractivity contribution < 1.29 is 14.3 Å². The fourth-order valence-corrected chi connectivity index (χ4v) is 2.38. The molecule has 0 radical (unpaired) electrons. The summed E-state index contributed by atoms with van der Waals surface area (Å²) in [4.78, 5) is 11.7. The Labute approximate surface area is 133 Å². The molecule has 2 aromatic rings. The second-order valence-electron chi connectivity index (χ2n) is 4.44. The van der Waals surface area contributed by atoms with Gasteiger partial charge in [0, 0.05) is 5.02 Å². The van der Waals surface area contributed by atoms with Crippen LogP contribution >= 0.6 is 23.2 Å². The van der Waals surface area contributed by atoms with Crippen molar-refractivity contribution in [1.82, 2.24) is 0 Å². The van der Waals surface area contributed by atoms with Crippen LogP contribution in [-0.2, 0) is 11.3 Å². The topological polar surface area (TPSA) is 35.5 Å². The molecule has 0 aliphatic heterocycles. The van der Waals surface area contributed by atoms with Crippen molar-refractivity contribution in [1.29, 1.82) is 0 Å². The monoisotopic (exact) mass is 324 g/mol. The largest absolute Gasteiger partial charge is 0.487 e. The molecule has 0 N–H and O–H groups in total. The third-order valence-corrected chi connectivity index (χ3v) is 3.66. The number of methoxy groups -OCH3 is 1. The number of benzene rings is 2. The molecule has 0 atom stereocenters. The summed E-state index contributed by atoms with van der Waals surface area (Å²) in [5.41, 5.74) is 2.25. The zero-order chi connectivity index (χ0) is 15.4. The van der Waals surface area contributed by atoms with E-state index >= 15 is 0 Å². The minimum absolute atomic E-state index is 0.304. The van der Waals surface area contributed by atoms with Gasteiger partial charge in [0.05, 0.1) is 17.7 Å². The Morgan fingerprint density at radius 2 is 1.95 bits per heavy atom. The second-order valence-corrected chi connectivity index (χ2v) is 5.29. The van der Waals surface area contributed by atoms with Crippen molar-refractivity contribution in [3.8, 4) is 5.75 Å². The first kappa shape index (κ1) is 15.7. The molecule has 0 unspecified atom stereocenters. The van der Waals surface area contributed by atoms with E-state index in [1.54, 1.807) is 30.3 Å². The first-order valence-electron chi connectivity index (χ1n) is 6.27. The van der Waals surface area contributed by atoms with Crippen LogP contribution in [0.15, 0.2) is 36.4 Å². The average Bonchev–Trinajstić information content (AvgIpc) is 2.47. The predicted octanol–water partition coefficient (Wildman–Crippen LogP) is 4.67. The quantitative estimate of drug-likeness (QED) is 0.767. The zero-order valence-electron chi connectivity index (χ0n) is 11.7. The van der Waals surface area contributed by atoms with Gasteiger partial charge in [0.25, 0.3) is 0 Å². The molecule has 0 aliphatic carbocycles. The molecule has 5 heteroatoms. The molecular weight excluding hydrogens is 311 g/mol. The van der Waals surface area contributed by atoms with E-state index in [4.69, 9.17) is 32.7 Å². The van der Waals surface area contributed by atoms with Crippen LogP contribution in [-0.4, -0.2) is 13.1 Å². The van der Waals surface area contributed by atoms with Gasteiger partial charge in [0.15, 0.2) is 0 Å². The van der Waals surface area contributed by atoms with Gasteiger partial charge in [-0.2, -0.15) is 0 Å². The molecule has 0 saturated carbocycles. The molecular formula is C16H14Cl2O3. The van der Waals surface area contributed by atoms with Gasteiger partial charge in [-0.05, 0) is 42.3 Å². The lowest BCUT2D eigenvalue weighted by atomic mass is 10.0. The van der Waals surface area contributed by atoms with E-state index in [1.165, 1.54) is 7.11 Å². The molecule has 0 spiro atoms. The summed E-state index contributed by atoms with van der Waals surface area (Å²) in [5, 5.41) is 1.00. The fourth-order valence-electron chi connectivity index (χ4n) is 1.92. The summed E-state index contributed by atoms with van der Waals surface area (Å²) in [5.74, 6) is 0.183. The van der Waals surface area contributed by atoms with Crippen LogP contribution in [0.3, 0.4) is 0 Å². The third kappa shape index (κ3) is 3.69. The molecule has 0 heterocycles. The van der Waals surface area contributed by atoms with Gasteiger partial charge in [-0.1, -0.05) is 35.3 Å². The van der Waals surface area contributed by atoms with Crippen LogP contribution < -0.4 is 4.74 Å². The lowest BCUT2D eigenvalue weighted by Crippen LogP contribution is -2.07. The van der Waals surface area contributed by atoms with Crippen molar-refractivity contribution in [2.24, 2.45) is 0 Å². The van der Waals surface area contributed by atoms with Gasteiger partial charge >= 0.3 is 5.97 Å². The molecule has 0 aliphatic rings. The van der Waals surface area contributed by atoms with Gasteiger partial charge in [-0.3, -0.25) is 0 Å². The van der Waals surface area contributed by atoms with E-state index in [2.05, 4.69) is 0 Å². The Hall–Kier alpha value is -1.71. The van der Waals surface area contributed by atoms with Crippen molar-refractivity contribution in [2.75, 3.05) is 7.11 Å². The highest BCUT2D eigenvalue weighted by Crippen LogP contribution is 2.28. The minimum Gasteiger partial charge on any atom is -0.487 e. The molecule has 0 saturated heterocycles. The van der Waals surface area contributed by atoms with Crippen LogP contribution in [0.1, 0.15) is 21.5 Å². The predicted molar refractivity (Wildman–Crippen MR) is 83.3 cm³/mol. The Morgan fingerprint density at radius 1 is 1.19 bits per heavy atom. The summed E-state index contributed by atoms with van der Waals surface area (Å²) in [7, 11) is 1.36. The first-order valence-corrected chi connectivity index (χ1v) is 7.03. The Balaban J connectivity index is 2.18. The highest BCUT2D eigenvalue weighted by molar-refractivity contribution is 6.35. The highest BCUT2D eigenvalue weighted by Gasteiger charge is 2.12. The summed E-state index contributed by atoms with van der Waals surface area (Å²) < 4.78 is 10.4. The summed E-state index contributed by atoms with van der Waals surface area (Å²) in [6, 6.07) is 10.5. The molecule has 110 valence electrons. The number of hydrogen-bond acceptors (Lipinski definition) is 3. The summed E-state index contributed by atoms with van der Waals surface area (Å²) in [6.07, 6.45) is 0. The lowest BCUT2D eigenvalue weighted by Gasteiger charge is -2.12. The van der Waals surface area contributed by atoms with Gasteiger partial charge < -0.3 is 9.47 Å². The molecule has 0 aromatic heterocycles. The van der Waals surface area contributed by atoms with Crippen LogP contribution in [0.25, 0.3) is 0 Å². The molecule has 2 rings (SSSR count). The Kier molecular flexibility index (Phi) is 5.10.